The van der Waals surface area contributed by atoms with Gasteiger partial charge in [0.05, 0.1) is 12.6 Å². The third kappa shape index (κ3) is 4.25. The van der Waals surface area contributed by atoms with E-state index in [9.17, 15) is 4.79 Å². The van der Waals surface area contributed by atoms with Gasteiger partial charge in [0.1, 0.15) is 12.4 Å². The van der Waals surface area contributed by atoms with E-state index in [1.165, 1.54) is 6.08 Å². The summed E-state index contributed by atoms with van der Waals surface area (Å²) in [4.78, 5) is 16.4. The van der Waals surface area contributed by atoms with Crippen LogP contribution in [0.15, 0.2) is 65.3 Å². The van der Waals surface area contributed by atoms with E-state index < -0.39 is 5.97 Å². The van der Waals surface area contributed by atoms with E-state index in [1.807, 2.05) is 48.5 Å². The van der Waals surface area contributed by atoms with Gasteiger partial charge in [-0.05, 0) is 30.3 Å². The summed E-state index contributed by atoms with van der Waals surface area (Å²) < 4.78 is 11.5. The van der Waals surface area contributed by atoms with Gasteiger partial charge in [-0.25, -0.2) is 4.79 Å². The molecule has 0 radical (unpaired) electrons. The number of carbonyl (C=O) groups excluding carboxylic acids is 1. The molecule has 2 aromatic carbocycles. The molecule has 0 atom stereocenters. The SMILES string of the molecule is COc1ccc(Br)cc1COC(=O)/C=C/c1cccc2cccnc12. The van der Waals surface area contributed by atoms with Crippen LogP contribution >= 0.6 is 15.9 Å². The smallest absolute Gasteiger partial charge is 0.331 e. The molecule has 3 aromatic rings. The van der Waals surface area contributed by atoms with E-state index in [0.29, 0.717) is 5.75 Å². The first-order valence-electron chi connectivity index (χ1n) is 7.68. The molecule has 0 bridgehead atoms. The maximum Gasteiger partial charge on any atom is 0.331 e. The van der Waals surface area contributed by atoms with Crippen LogP contribution in [0.4, 0.5) is 0 Å². The molecule has 0 fully saturated rings. The zero-order valence-corrected chi connectivity index (χ0v) is 15.2. The van der Waals surface area contributed by atoms with Gasteiger partial charge in [-0.3, -0.25) is 4.98 Å². The van der Waals surface area contributed by atoms with Gasteiger partial charge in [-0.2, -0.15) is 0 Å². The Kier molecular flexibility index (Phi) is 5.46. The van der Waals surface area contributed by atoms with Gasteiger partial charge in [-0.15, -0.1) is 0 Å². The van der Waals surface area contributed by atoms with Crippen molar-refractivity contribution in [3.8, 4) is 5.75 Å². The van der Waals surface area contributed by atoms with Crippen molar-refractivity contribution in [2.24, 2.45) is 0 Å². The van der Waals surface area contributed by atoms with Crippen LogP contribution in [0.5, 0.6) is 5.75 Å². The van der Waals surface area contributed by atoms with E-state index in [2.05, 4.69) is 20.9 Å². The average Bonchev–Trinajstić information content (AvgIpc) is 2.64. The topological polar surface area (TPSA) is 48.4 Å². The molecule has 0 saturated carbocycles. The van der Waals surface area contributed by atoms with Crippen molar-refractivity contribution >= 4 is 38.9 Å². The predicted octanol–water partition coefficient (Wildman–Crippen LogP) is 4.76. The molecule has 3 rings (SSSR count). The number of carbonyl (C=O) groups is 1. The zero-order valence-electron chi connectivity index (χ0n) is 13.6. The third-order valence-corrected chi connectivity index (χ3v) is 4.17. The van der Waals surface area contributed by atoms with E-state index in [0.717, 1.165) is 26.5 Å². The lowest BCUT2D eigenvalue weighted by molar-refractivity contribution is -0.138. The predicted molar refractivity (Wildman–Crippen MR) is 101 cm³/mol. The number of hydrogen-bond acceptors (Lipinski definition) is 4. The number of benzene rings is 2. The Balaban J connectivity index is 1.70. The standard InChI is InChI=1S/C20H16BrNO3/c1-24-18-9-8-17(21)12-16(18)13-25-19(23)10-7-15-5-2-4-14-6-3-11-22-20(14)15/h2-12H,13H2,1H3/b10-7+. The number of halogens is 1. The second-order valence-corrected chi connectivity index (χ2v) is 6.24. The van der Waals surface area contributed by atoms with Gasteiger partial charge in [0, 0.05) is 33.3 Å². The molecule has 0 N–H and O–H groups in total. The van der Waals surface area contributed by atoms with E-state index in [-0.39, 0.29) is 6.61 Å². The molecule has 25 heavy (non-hydrogen) atoms. The second kappa shape index (κ2) is 7.94. The van der Waals surface area contributed by atoms with Crippen LogP contribution in [0.3, 0.4) is 0 Å². The van der Waals surface area contributed by atoms with Crippen molar-refractivity contribution < 1.29 is 14.3 Å². The highest BCUT2D eigenvalue weighted by molar-refractivity contribution is 9.10. The molecule has 0 amide bonds. The number of fused-ring (bicyclic) bond motifs is 1. The van der Waals surface area contributed by atoms with Gasteiger partial charge in [-0.1, -0.05) is 40.2 Å². The van der Waals surface area contributed by atoms with Crippen molar-refractivity contribution in [3.63, 3.8) is 0 Å². The van der Waals surface area contributed by atoms with Crippen LogP contribution in [-0.2, 0) is 16.1 Å². The maximum atomic E-state index is 12.0. The number of methoxy groups -OCH3 is 1. The summed E-state index contributed by atoms with van der Waals surface area (Å²) in [6.45, 7) is 0.138. The highest BCUT2D eigenvalue weighted by Gasteiger charge is 2.07. The fourth-order valence-corrected chi connectivity index (χ4v) is 2.89. The van der Waals surface area contributed by atoms with Gasteiger partial charge in [0.25, 0.3) is 0 Å². The molecule has 1 heterocycles. The highest BCUT2D eigenvalue weighted by Crippen LogP contribution is 2.23. The average molecular weight is 398 g/mol. The Morgan fingerprint density at radius 1 is 1.20 bits per heavy atom. The minimum absolute atomic E-state index is 0.138. The Bertz CT molecular complexity index is 932. The van der Waals surface area contributed by atoms with Gasteiger partial charge < -0.3 is 9.47 Å². The molecule has 0 unspecified atom stereocenters. The first kappa shape index (κ1) is 17.2. The lowest BCUT2D eigenvalue weighted by Gasteiger charge is -2.09. The number of nitrogens with zero attached hydrogens (tertiary/aromatic N) is 1. The molecular formula is C20H16BrNO3. The monoisotopic (exact) mass is 397 g/mol. The summed E-state index contributed by atoms with van der Waals surface area (Å²) in [5.74, 6) is 0.258. The number of hydrogen-bond donors (Lipinski definition) is 0. The number of ether oxygens (including phenoxy) is 2. The molecule has 5 heteroatoms. The van der Waals surface area contributed by atoms with Crippen molar-refractivity contribution in [1.82, 2.24) is 4.98 Å². The summed E-state index contributed by atoms with van der Waals surface area (Å²) in [7, 11) is 1.59. The zero-order chi connectivity index (χ0) is 17.6. The molecular weight excluding hydrogens is 382 g/mol. The quantitative estimate of drug-likeness (QED) is 0.459. The number of rotatable bonds is 5. The fourth-order valence-electron chi connectivity index (χ4n) is 2.48. The van der Waals surface area contributed by atoms with Gasteiger partial charge >= 0.3 is 5.97 Å². The first-order valence-corrected chi connectivity index (χ1v) is 8.47. The normalized spacial score (nSPS) is 11.0. The number of aromatic nitrogens is 1. The largest absolute Gasteiger partial charge is 0.496 e. The van der Waals surface area contributed by atoms with E-state index >= 15 is 0 Å². The maximum absolute atomic E-state index is 12.0. The lowest BCUT2D eigenvalue weighted by Crippen LogP contribution is -2.02. The Labute approximate surface area is 154 Å². The van der Waals surface area contributed by atoms with E-state index in [4.69, 9.17) is 9.47 Å². The van der Waals surface area contributed by atoms with Crippen molar-refractivity contribution in [3.05, 3.63) is 76.4 Å². The second-order valence-electron chi connectivity index (χ2n) is 5.32. The van der Waals surface area contributed by atoms with Crippen molar-refractivity contribution in [2.45, 2.75) is 6.61 Å². The summed E-state index contributed by atoms with van der Waals surface area (Å²) >= 11 is 3.40. The fraction of sp³-hybridized carbons (Fsp3) is 0.100. The third-order valence-electron chi connectivity index (χ3n) is 3.68. The van der Waals surface area contributed by atoms with Crippen molar-refractivity contribution in [1.29, 1.82) is 0 Å². The molecule has 1 aromatic heterocycles. The van der Waals surface area contributed by atoms with Crippen LogP contribution in [0.1, 0.15) is 11.1 Å². The minimum Gasteiger partial charge on any atom is -0.496 e. The summed E-state index contributed by atoms with van der Waals surface area (Å²) in [5.41, 5.74) is 2.52. The van der Waals surface area contributed by atoms with E-state index in [1.54, 1.807) is 19.4 Å². The molecule has 4 nitrogen and oxygen atoms in total. The molecule has 0 aliphatic carbocycles. The van der Waals surface area contributed by atoms with Crippen LogP contribution in [-0.4, -0.2) is 18.1 Å². The molecule has 0 spiro atoms. The summed E-state index contributed by atoms with van der Waals surface area (Å²) in [5, 5.41) is 1.02. The number of para-hydroxylation sites is 1. The molecule has 0 saturated heterocycles. The van der Waals surface area contributed by atoms with Crippen LogP contribution in [0.2, 0.25) is 0 Å². The number of pyridine rings is 1. The Morgan fingerprint density at radius 2 is 2.04 bits per heavy atom. The Hall–Kier alpha value is -2.66. The summed E-state index contributed by atoms with van der Waals surface area (Å²) in [6, 6.07) is 15.3. The molecule has 0 aliphatic heterocycles. The van der Waals surface area contributed by atoms with Crippen molar-refractivity contribution in [2.75, 3.05) is 7.11 Å². The van der Waals surface area contributed by atoms with Crippen LogP contribution in [0.25, 0.3) is 17.0 Å². The molecule has 0 aliphatic rings. The first-order chi connectivity index (χ1) is 12.2. The summed E-state index contributed by atoms with van der Waals surface area (Å²) in [6.07, 6.45) is 4.86. The van der Waals surface area contributed by atoms with Crippen LogP contribution < -0.4 is 4.74 Å². The lowest BCUT2D eigenvalue weighted by atomic mass is 10.1. The highest BCUT2D eigenvalue weighted by atomic mass is 79.9. The minimum atomic E-state index is -0.421. The number of esters is 1. The van der Waals surface area contributed by atoms with Gasteiger partial charge in [0.2, 0.25) is 0 Å². The van der Waals surface area contributed by atoms with Crippen LogP contribution in [0, 0.1) is 0 Å². The Morgan fingerprint density at radius 3 is 2.88 bits per heavy atom. The molecule has 126 valence electrons. The van der Waals surface area contributed by atoms with Gasteiger partial charge in [0.15, 0.2) is 0 Å².